The van der Waals surface area contributed by atoms with E-state index in [1.165, 1.54) is 24.7 Å². The summed E-state index contributed by atoms with van der Waals surface area (Å²) in [6.45, 7) is 0. The number of nitro benzene ring substituents is 1. The number of rotatable bonds is 3. The number of hydrogen-bond acceptors (Lipinski definition) is 6. The first-order valence-electron chi connectivity index (χ1n) is 5.04. The highest BCUT2D eigenvalue weighted by Gasteiger charge is 2.22. The van der Waals surface area contributed by atoms with Crippen LogP contribution in [0.3, 0.4) is 0 Å². The van der Waals surface area contributed by atoms with Crippen molar-refractivity contribution < 1.29 is 9.66 Å². The van der Waals surface area contributed by atoms with Gasteiger partial charge in [-0.05, 0) is 51.2 Å². The summed E-state index contributed by atoms with van der Waals surface area (Å²) in [5, 5.41) is 19.9. The van der Waals surface area contributed by atoms with Crippen LogP contribution >= 0.6 is 45.2 Å². The van der Waals surface area contributed by atoms with E-state index in [2.05, 4.69) is 9.97 Å². The van der Waals surface area contributed by atoms with Crippen molar-refractivity contribution in [3.63, 3.8) is 0 Å². The van der Waals surface area contributed by atoms with Crippen LogP contribution in [0.25, 0.3) is 0 Å². The SMILES string of the molecule is N#Cc1cc(I)c(Oc2ncncc2I)c([N+](=O)[O-])c1. The Balaban J connectivity index is 2.54. The molecule has 0 atom stereocenters. The fourth-order valence-corrected chi connectivity index (χ4v) is 2.49. The van der Waals surface area contributed by atoms with Gasteiger partial charge in [-0.1, -0.05) is 0 Å². The monoisotopic (exact) mass is 494 g/mol. The van der Waals surface area contributed by atoms with Crippen LogP contribution in [-0.4, -0.2) is 14.9 Å². The molecule has 20 heavy (non-hydrogen) atoms. The Morgan fingerprint density at radius 3 is 2.70 bits per heavy atom. The van der Waals surface area contributed by atoms with Crippen molar-refractivity contribution in [1.82, 2.24) is 9.97 Å². The summed E-state index contributed by atoms with van der Waals surface area (Å²) in [5.41, 5.74) is -0.0753. The third-order valence-electron chi connectivity index (χ3n) is 2.18. The number of benzene rings is 1. The Hall–Kier alpha value is -1.55. The topological polar surface area (TPSA) is 102 Å². The predicted molar refractivity (Wildman–Crippen MR) is 85.4 cm³/mol. The molecule has 7 nitrogen and oxygen atoms in total. The third kappa shape index (κ3) is 3.12. The van der Waals surface area contributed by atoms with Crippen LogP contribution in [0.1, 0.15) is 5.56 Å². The lowest BCUT2D eigenvalue weighted by molar-refractivity contribution is -0.385. The second-order valence-corrected chi connectivity index (χ2v) is 5.78. The molecule has 0 aliphatic rings. The molecule has 0 aliphatic carbocycles. The quantitative estimate of drug-likeness (QED) is 0.369. The minimum Gasteiger partial charge on any atom is -0.429 e. The van der Waals surface area contributed by atoms with Crippen LogP contribution in [-0.2, 0) is 0 Å². The van der Waals surface area contributed by atoms with Crippen molar-refractivity contribution in [2.75, 3.05) is 0 Å². The van der Waals surface area contributed by atoms with E-state index in [0.29, 0.717) is 7.14 Å². The summed E-state index contributed by atoms with van der Waals surface area (Å²) in [4.78, 5) is 18.2. The molecule has 0 aliphatic heterocycles. The zero-order valence-corrected chi connectivity index (χ0v) is 13.9. The second-order valence-electron chi connectivity index (χ2n) is 3.45. The molecule has 100 valence electrons. The first kappa shape index (κ1) is 14.9. The van der Waals surface area contributed by atoms with Crippen LogP contribution < -0.4 is 4.74 Å². The van der Waals surface area contributed by atoms with E-state index in [4.69, 9.17) is 10.00 Å². The van der Waals surface area contributed by atoms with E-state index < -0.39 is 4.92 Å². The third-order valence-corrected chi connectivity index (χ3v) is 3.72. The van der Waals surface area contributed by atoms with Crippen molar-refractivity contribution in [2.45, 2.75) is 0 Å². The Morgan fingerprint density at radius 2 is 2.10 bits per heavy atom. The Labute approximate surface area is 140 Å². The van der Waals surface area contributed by atoms with Gasteiger partial charge in [-0.15, -0.1) is 0 Å². The fraction of sp³-hybridized carbons (Fsp3) is 0. The summed E-state index contributed by atoms with van der Waals surface area (Å²) in [5.74, 6) is 0.289. The molecule has 2 aromatic rings. The van der Waals surface area contributed by atoms with Gasteiger partial charge in [0.25, 0.3) is 0 Å². The highest BCUT2D eigenvalue weighted by atomic mass is 127. The molecule has 2 rings (SSSR count). The number of halogens is 2. The molecular formula is C11H4I2N4O3. The van der Waals surface area contributed by atoms with Crippen molar-refractivity contribution >= 4 is 50.9 Å². The van der Waals surface area contributed by atoms with E-state index in [-0.39, 0.29) is 22.9 Å². The van der Waals surface area contributed by atoms with Gasteiger partial charge < -0.3 is 4.74 Å². The van der Waals surface area contributed by atoms with Crippen LogP contribution in [0.15, 0.2) is 24.7 Å². The van der Waals surface area contributed by atoms with Gasteiger partial charge >= 0.3 is 5.69 Å². The molecule has 0 spiro atoms. The highest BCUT2D eigenvalue weighted by molar-refractivity contribution is 14.1. The molecule has 1 aromatic carbocycles. The molecule has 9 heteroatoms. The molecular weight excluding hydrogens is 490 g/mol. The zero-order valence-electron chi connectivity index (χ0n) is 9.58. The largest absolute Gasteiger partial charge is 0.429 e. The van der Waals surface area contributed by atoms with Gasteiger partial charge in [0.1, 0.15) is 6.33 Å². The zero-order chi connectivity index (χ0) is 14.7. The molecule has 1 heterocycles. The maximum atomic E-state index is 11.1. The number of nitriles is 1. The van der Waals surface area contributed by atoms with E-state index in [1.54, 1.807) is 0 Å². The van der Waals surface area contributed by atoms with Crippen molar-refractivity contribution in [3.05, 3.63) is 47.5 Å². The van der Waals surface area contributed by atoms with Gasteiger partial charge in [0, 0.05) is 12.3 Å². The summed E-state index contributed by atoms with van der Waals surface area (Å²) in [7, 11) is 0. The molecule has 0 saturated carbocycles. The number of aromatic nitrogens is 2. The molecule has 0 N–H and O–H groups in total. The Morgan fingerprint density at radius 1 is 1.35 bits per heavy atom. The van der Waals surface area contributed by atoms with Gasteiger partial charge in [0.05, 0.1) is 23.7 Å². The average molecular weight is 494 g/mol. The summed E-state index contributed by atoms with van der Waals surface area (Å²) in [6, 6.07) is 4.56. The van der Waals surface area contributed by atoms with Gasteiger partial charge in [0.2, 0.25) is 11.6 Å². The molecule has 0 amide bonds. The first-order valence-corrected chi connectivity index (χ1v) is 7.20. The van der Waals surface area contributed by atoms with E-state index in [0.717, 1.165) is 0 Å². The van der Waals surface area contributed by atoms with Crippen LogP contribution in [0, 0.1) is 28.6 Å². The predicted octanol–water partition coefficient (Wildman–Crippen LogP) is 3.26. The molecule has 0 fully saturated rings. The number of ether oxygens (including phenoxy) is 1. The van der Waals surface area contributed by atoms with Gasteiger partial charge in [-0.25, -0.2) is 9.97 Å². The summed E-state index contributed by atoms with van der Waals surface area (Å²) < 4.78 is 6.60. The maximum absolute atomic E-state index is 11.1. The molecule has 0 unspecified atom stereocenters. The minimum atomic E-state index is -0.591. The average Bonchev–Trinajstić information content (AvgIpc) is 2.42. The van der Waals surface area contributed by atoms with Crippen molar-refractivity contribution in [2.24, 2.45) is 0 Å². The second kappa shape index (κ2) is 6.27. The van der Waals surface area contributed by atoms with Crippen molar-refractivity contribution in [3.8, 4) is 17.7 Å². The number of nitro groups is 1. The fourth-order valence-electron chi connectivity index (χ4n) is 1.35. The van der Waals surface area contributed by atoms with Crippen LogP contribution in [0.2, 0.25) is 0 Å². The Kier molecular flexibility index (Phi) is 4.65. The van der Waals surface area contributed by atoms with Gasteiger partial charge in [-0.2, -0.15) is 5.26 Å². The number of nitrogens with zero attached hydrogens (tertiary/aromatic N) is 4. The minimum absolute atomic E-state index is 0.0613. The lowest BCUT2D eigenvalue weighted by Crippen LogP contribution is -1.99. The molecule has 0 radical (unpaired) electrons. The first-order chi connectivity index (χ1) is 9.52. The number of hydrogen-bond donors (Lipinski definition) is 0. The Bertz CT molecular complexity index is 730. The van der Waals surface area contributed by atoms with Crippen molar-refractivity contribution in [1.29, 1.82) is 5.26 Å². The lowest BCUT2D eigenvalue weighted by atomic mass is 10.2. The van der Waals surface area contributed by atoms with Gasteiger partial charge in [-0.3, -0.25) is 10.1 Å². The standard InChI is InChI=1S/C11H4I2N4O3/c12-7-1-6(3-14)2-9(17(18)19)10(7)20-11-8(13)4-15-5-16-11/h1-2,4-5H. The highest BCUT2D eigenvalue weighted by Crippen LogP contribution is 2.37. The van der Waals surface area contributed by atoms with Gasteiger partial charge in [0.15, 0.2) is 0 Å². The maximum Gasteiger partial charge on any atom is 0.314 e. The molecule has 1 aromatic heterocycles. The molecule has 0 bridgehead atoms. The summed E-state index contributed by atoms with van der Waals surface area (Å²) >= 11 is 3.85. The normalized spacial score (nSPS) is 9.85. The summed E-state index contributed by atoms with van der Waals surface area (Å²) in [6.07, 6.45) is 2.82. The van der Waals surface area contributed by atoms with E-state index >= 15 is 0 Å². The smallest absolute Gasteiger partial charge is 0.314 e. The van der Waals surface area contributed by atoms with Crippen LogP contribution in [0.5, 0.6) is 11.6 Å². The van der Waals surface area contributed by atoms with E-state index in [9.17, 15) is 10.1 Å². The van der Waals surface area contributed by atoms with Crippen LogP contribution in [0.4, 0.5) is 5.69 Å². The molecule has 0 saturated heterocycles. The van der Waals surface area contributed by atoms with E-state index in [1.807, 2.05) is 51.3 Å². The lowest BCUT2D eigenvalue weighted by Gasteiger charge is -2.08.